The molecule has 9 heteroatoms. The minimum atomic E-state index is -0.221. The lowest BCUT2D eigenvalue weighted by Gasteiger charge is -2.18. The fraction of sp³-hybridized carbons (Fsp3) is 0.333. The number of carbonyl (C=O) groups excluding carboxylic acids is 1. The number of hydrogen-bond donors (Lipinski definition) is 2. The SMILES string of the molecule is O=C(N[C@H]1COC[C@H]1Cc1ccncc1)c1ccc(CSc2ncn[nH]2)o1. The normalized spacial score (nSPS) is 19.3. The number of carbonyl (C=O) groups is 1. The molecule has 140 valence electrons. The van der Waals surface area contributed by atoms with Crippen molar-refractivity contribution in [2.75, 3.05) is 13.2 Å². The van der Waals surface area contributed by atoms with Crippen LogP contribution in [0.1, 0.15) is 21.9 Å². The van der Waals surface area contributed by atoms with E-state index in [2.05, 4.69) is 25.5 Å². The maximum Gasteiger partial charge on any atom is 0.287 e. The molecule has 0 radical (unpaired) electrons. The van der Waals surface area contributed by atoms with Gasteiger partial charge in [0.15, 0.2) is 10.9 Å². The number of ether oxygens (including phenoxy) is 1. The van der Waals surface area contributed by atoms with Gasteiger partial charge >= 0.3 is 0 Å². The predicted octanol–water partition coefficient (Wildman–Crippen LogP) is 2.07. The van der Waals surface area contributed by atoms with Crippen molar-refractivity contribution in [1.82, 2.24) is 25.5 Å². The number of aromatic nitrogens is 4. The Labute approximate surface area is 160 Å². The number of furan rings is 1. The first-order valence-corrected chi connectivity index (χ1v) is 9.61. The van der Waals surface area contributed by atoms with Crippen molar-refractivity contribution in [2.24, 2.45) is 5.92 Å². The van der Waals surface area contributed by atoms with Gasteiger partial charge in [-0.05, 0) is 36.2 Å². The van der Waals surface area contributed by atoms with Gasteiger partial charge in [-0.3, -0.25) is 14.9 Å². The molecule has 8 nitrogen and oxygen atoms in total. The highest BCUT2D eigenvalue weighted by molar-refractivity contribution is 7.98. The van der Waals surface area contributed by atoms with E-state index in [1.165, 1.54) is 23.7 Å². The Kier molecular flexibility index (Phi) is 5.50. The first-order chi connectivity index (χ1) is 13.3. The quantitative estimate of drug-likeness (QED) is 0.600. The third-order valence-corrected chi connectivity index (χ3v) is 5.29. The molecule has 2 N–H and O–H groups in total. The first kappa shape index (κ1) is 17.7. The molecule has 1 amide bonds. The summed E-state index contributed by atoms with van der Waals surface area (Å²) in [5.74, 6) is 1.59. The van der Waals surface area contributed by atoms with E-state index in [1.807, 2.05) is 12.1 Å². The van der Waals surface area contributed by atoms with Gasteiger partial charge in [0.25, 0.3) is 5.91 Å². The second-order valence-electron chi connectivity index (χ2n) is 6.28. The summed E-state index contributed by atoms with van der Waals surface area (Å²) in [6.07, 6.45) is 5.85. The third-order valence-electron chi connectivity index (χ3n) is 4.39. The zero-order valence-electron chi connectivity index (χ0n) is 14.5. The van der Waals surface area contributed by atoms with Gasteiger partial charge in [-0.15, -0.1) is 0 Å². The number of rotatable bonds is 7. The zero-order chi connectivity index (χ0) is 18.5. The maximum atomic E-state index is 12.5. The van der Waals surface area contributed by atoms with Gasteiger partial charge in [-0.1, -0.05) is 11.8 Å². The van der Waals surface area contributed by atoms with Gasteiger partial charge in [0.1, 0.15) is 12.1 Å². The lowest BCUT2D eigenvalue weighted by molar-refractivity contribution is 0.0895. The number of H-pyrrole nitrogens is 1. The van der Waals surface area contributed by atoms with Crippen LogP contribution in [-0.2, 0) is 16.9 Å². The Morgan fingerprint density at radius 2 is 2.15 bits per heavy atom. The number of amides is 1. The number of pyridine rings is 1. The Hall–Kier alpha value is -2.65. The fourth-order valence-corrected chi connectivity index (χ4v) is 3.67. The van der Waals surface area contributed by atoms with Crippen LogP contribution in [-0.4, -0.2) is 45.3 Å². The highest BCUT2D eigenvalue weighted by atomic mass is 32.2. The van der Waals surface area contributed by atoms with Crippen LogP contribution in [0.4, 0.5) is 0 Å². The molecule has 0 aromatic carbocycles. The second-order valence-corrected chi connectivity index (χ2v) is 7.25. The molecule has 0 unspecified atom stereocenters. The van der Waals surface area contributed by atoms with Gasteiger partial charge < -0.3 is 14.5 Å². The molecule has 3 aromatic heterocycles. The Bertz CT molecular complexity index is 868. The maximum absolute atomic E-state index is 12.5. The van der Waals surface area contributed by atoms with Gasteiger partial charge in [-0.25, -0.2) is 4.98 Å². The van der Waals surface area contributed by atoms with Gasteiger partial charge in [-0.2, -0.15) is 5.10 Å². The monoisotopic (exact) mass is 385 g/mol. The predicted molar refractivity (Wildman–Crippen MR) is 98.2 cm³/mol. The molecule has 4 heterocycles. The van der Waals surface area contributed by atoms with Crippen molar-refractivity contribution in [3.63, 3.8) is 0 Å². The fourth-order valence-electron chi connectivity index (χ4n) is 3.00. The highest BCUT2D eigenvalue weighted by Crippen LogP contribution is 2.22. The molecule has 1 aliphatic rings. The molecule has 0 aliphatic carbocycles. The molecule has 0 spiro atoms. The Morgan fingerprint density at radius 3 is 2.96 bits per heavy atom. The molecule has 0 bridgehead atoms. The molecule has 27 heavy (non-hydrogen) atoms. The highest BCUT2D eigenvalue weighted by Gasteiger charge is 2.30. The van der Waals surface area contributed by atoms with Crippen LogP contribution in [0.5, 0.6) is 0 Å². The Morgan fingerprint density at radius 1 is 1.26 bits per heavy atom. The molecule has 1 fully saturated rings. The number of nitrogens with zero attached hydrogens (tertiary/aromatic N) is 3. The van der Waals surface area contributed by atoms with Crippen LogP contribution < -0.4 is 5.32 Å². The van der Waals surface area contributed by atoms with E-state index in [0.29, 0.717) is 35.6 Å². The smallest absolute Gasteiger partial charge is 0.287 e. The first-order valence-electron chi connectivity index (χ1n) is 8.62. The molecule has 0 saturated carbocycles. The summed E-state index contributed by atoms with van der Waals surface area (Å²) >= 11 is 1.46. The van der Waals surface area contributed by atoms with Crippen molar-refractivity contribution in [2.45, 2.75) is 23.4 Å². The lowest BCUT2D eigenvalue weighted by Crippen LogP contribution is -2.40. The van der Waals surface area contributed by atoms with E-state index < -0.39 is 0 Å². The molecule has 2 atom stereocenters. The average molecular weight is 385 g/mol. The summed E-state index contributed by atoms with van der Waals surface area (Å²) < 4.78 is 11.2. The van der Waals surface area contributed by atoms with E-state index in [4.69, 9.17) is 9.15 Å². The second kappa shape index (κ2) is 8.36. The molecule has 3 aromatic rings. The van der Waals surface area contributed by atoms with Crippen LogP contribution in [0.25, 0.3) is 0 Å². The third kappa shape index (κ3) is 4.55. The minimum Gasteiger partial charge on any atom is -0.455 e. The number of thioether (sulfide) groups is 1. The van der Waals surface area contributed by atoms with Crippen LogP contribution in [0.3, 0.4) is 0 Å². The topological polar surface area (TPSA) is 106 Å². The largest absolute Gasteiger partial charge is 0.455 e. The standard InChI is InChI=1S/C18H19N5O3S/c24-17(16-2-1-14(26-16)10-27-18-20-11-21-23-18)22-15-9-25-8-13(15)7-12-3-5-19-6-4-12/h1-6,11,13,15H,7-10H2,(H,22,24)(H,20,21,23)/t13-,15+/m1/s1. The van der Waals surface area contributed by atoms with E-state index in [1.54, 1.807) is 24.5 Å². The lowest BCUT2D eigenvalue weighted by atomic mass is 9.95. The summed E-state index contributed by atoms with van der Waals surface area (Å²) in [6.45, 7) is 1.14. The summed E-state index contributed by atoms with van der Waals surface area (Å²) in [7, 11) is 0. The van der Waals surface area contributed by atoms with Crippen molar-refractivity contribution >= 4 is 17.7 Å². The van der Waals surface area contributed by atoms with E-state index in [9.17, 15) is 4.79 Å². The van der Waals surface area contributed by atoms with Crippen LogP contribution in [0, 0.1) is 5.92 Å². The zero-order valence-corrected chi connectivity index (χ0v) is 15.3. The van der Waals surface area contributed by atoms with Crippen molar-refractivity contribution < 1.29 is 13.9 Å². The van der Waals surface area contributed by atoms with E-state index in [-0.39, 0.29) is 17.9 Å². The molecular weight excluding hydrogens is 366 g/mol. The summed E-state index contributed by atoms with van der Waals surface area (Å²) in [6, 6.07) is 7.43. The molecule has 4 rings (SSSR count). The van der Waals surface area contributed by atoms with E-state index >= 15 is 0 Å². The van der Waals surface area contributed by atoms with Gasteiger partial charge in [0.05, 0.1) is 25.0 Å². The van der Waals surface area contributed by atoms with Crippen LogP contribution in [0.2, 0.25) is 0 Å². The number of aromatic amines is 1. The molecular formula is C18H19N5O3S. The van der Waals surface area contributed by atoms with Gasteiger partial charge in [0.2, 0.25) is 0 Å². The average Bonchev–Trinajstić information content (AvgIpc) is 3.44. The number of nitrogens with one attached hydrogen (secondary N) is 2. The van der Waals surface area contributed by atoms with E-state index in [0.717, 1.165) is 6.42 Å². The van der Waals surface area contributed by atoms with Crippen molar-refractivity contribution in [3.8, 4) is 0 Å². The van der Waals surface area contributed by atoms with Crippen molar-refractivity contribution in [1.29, 1.82) is 0 Å². The number of hydrogen-bond acceptors (Lipinski definition) is 7. The summed E-state index contributed by atoms with van der Waals surface area (Å²) in [5.41, 5.74) is 1.18. The molecule has 1 saturated heterocycles. The van der Waals surface area contributed by atoms with Crippen LogP contribution >= 0.6 is 11.8 Å². The van der Waals surface area contributed by atoms with Gasteiger partial charge in [0, 0.05) is 18.3 Å². The summed E-state index contributed by atoms with van der Waals surface area (Å²) in [4.78, 5) is 20.6. The minimum absolute atomic E-state index is 0.0391. The molecule has 1 aliphatic heterocycles. The van der Waals surface area contributed by atoms with Crippen LogP contribution in [0.15, 0.2) is 52.6 Å². The summed E-state index contributed by atoms with van der Waals surface area (Å²) in [5, 5.41) is 10.3. The Balaban J connectivity index is 1.33. The van der Waals surface area contributed by atoms with Crippen molar-refractivity contribution in [3.05, 3.63) is 60.1 Å².